The standard InChI is InChI=1S/C24H31ClN4O6/c1-32-16-6-4-15(5-7-16)14-35-21(30)9-11-29-10-8-19(20(13-29)33-2)27-23(31)17-12-18(25)22(26)28-24(17)34-3/h4-7,12,19-20H,8-11,13-14H2,1-3H3,(H2,26,28)(H,27,31)/t19-,20+/m0/s1. The summed E-state index contributed by atoms with van der Waals surface area (Å²) in [5.41, 5.74) is 6.79. The molecule has 2 heterocycles. The number of likely N-dealkylation sites (tertiary alicyclic amines) is 1. The molecule has 10 nitrogen and oxygen atoms in total. The number of halogens is 1. The molecule has 11 heteroatoms. The molecular weight excluding hydrogens is 476 g/mol. The average molecular weight is 507 g/mol. The van der Waals surface area contributed by atoms with Gasteiger partial charge in [0, 0.05) is 26.7 Å². The van der Waals surface area contributed by atoms with Gasteiger partial charge in [0.15, 0.2) is 0 Å². The number of benzene rings is 1. The van der Waals surface area contributed by atoms with Crippen molar-refractivity contribution >= 4 is 29.3 Å². The number of amides is 1. The van der Waals surface area contributed by atoms with Gasteiger partial charge in [-0.2, -0.15) is 4.98 Å². The molecule has 2 atom stereocenters. The van der Waals surface area contributed by atoms with Crippen LogP contribution in [0.5, 0.6) is 11.6 Å². The molecule has 1 aliphatic heterocycles. The van der Waals surface area contributed by atoms with E-state index in [-0.39, 0.29) is 59.3 Å². The van der Waals surface area contributed by atoms with Gasteiger partial charge in [-0.1, -0.05) is 23.7 Å². The fourth-order valence-electron chi connectivity index (χ4n) is 3.84. The fourth-order valence-corrected chi connectivity index (χ4v) is 4.00. The van der Waals surface area contributed by atoms with Gasteiger partial charge >= 0.3 is 5.97 Å². The van der Waals surface area contributed by atoms with E-state index in [4.69, 9.17) is 36.3 Å². The van der Waals surface area contributed by atoms with Crippen molar-refractivity contribution in [1.29, 1.82) is 0 Å². The fraction of sp³-hybridized carbons (Fsp3) is 0.458. The van der Waals surface area contributed by atoms with Crippen LogP contribution in [-0.4, -0.2) is 74.9 Å². The van der Waals surface area contributed by atoms with E-state index in [2.05, 4.69) is 15.2 Å². The predicted molar refractivity (Wildman–Crippen MR) is 131 cm³/mol. The summed E-state index contributed by atoms with van der Waals surface area (Å²) in [5.74, 6) is 0.291. The van der Waals surface area contributed by atoms with E-state index in [0.717, 1.165) is 11.3 Å². The van der Waals surface area contributed by atoms with Crippen LogP contribution in [0, 0.1) is 0 Å². The highest BCUT2D eigenvalue weighted by Gasteiger charge is 2.31. The number of nitrogens with one attached hydrogen (secondary N) is 1. The number of nitrogens with zero attached hydrogens (tertiary/aromatic N) is 2. The van der Waals surface area contributed by atoms with Crippen LogP contribution in [0.25, 0.3) is 0 Å². The first-order valence-corrected chi connectivity index (χ1v) is 11.6. The summed E-state index contributed by atoms with van der Waals surface area (Å²) in [5, 5.41) is 3.15. The first-order valence-electron chi connectivity index (χ1n) is 11.2. The maximum Gasteiger partial charge on any atom is 0.307 e. The Bertz CT molecular complexity index is 1020. The minimum absolute atomic E-state index is 0.0886. The van der Waals surface area contributed by atoms with Crippen LogP contribution in [0.4, 0.5) is 5.82 Å². The Morgan fingerprint density at radius 2 is 1.94 bits per heavy atom. The van der Waals surface area contributed by atoms with Gasteiger partial charge in [0.25, 0.3) is 5.91 Å². The maximum absolute atomic E-state index is 12.9. The second-order valence-electron chi connectivity index (χ2n) is 8.11. The topological polar surface area (TPSA) is 125 Å². The Balaban J connectivity index is 1.47. The van der Waals surface area contributed by atoms with Crippen LogP contribution in [0.15, 0.2) is 30.3 Å². The minimum Gasteiger partial charge on any atom is -0.497 e. The van der Waals surface area contributed by atoms with Crippen molar-refractivity contribution in [2.45, 2.75) is 31.6 Å². The van der Waals surface area contributed by atoms with Gasteiger partial charge < -0.3 is 34.9 Å². The molecular formula is C24H31ClN4O6. The van der Waals surface area contributed by atoms with Gasteiger partial charge in [0.2, 0.25) is 5.88 Å². The first kappa shape index (κ1) is 26.5. The first-order chi connectivity index (χ1) is 16.8. The second-order valence-corrected chi connectivity index (χ2v) is 8.52. The highest BCUT2D eigenvalue weighted by Crippen LogP contribution is 2.25. The second kappa shape index (κ2) is 12.6. The SMILES string of the molecule is COc1ccc(COC(=O)CCN2CC[C@H](NC(=O)c3cc(Cl)c(N)nc3OC)[C@H](OC)C2)cc1. The van der Waals surface area contributed by atoms with E-state index in [1.54, 1.807) is 14.2 Å². The molecule has 1 aromatic carbocycles. The van der Waals surface area contributed by atoms with E-state index in [1.807, 2.05) is 24.3 Å². The highest BCUT2D eigenvalue weighted by atomic mass is 35.5. The van der Waals surface area contributed by atoms with E-state index in [0.29, 0.717) is 26.1 Å². The van der Waals surface area contributed by atoms with Crippen molar-refractivity contribution < 1.29 is 28.5 Å². The van der Waals surface area contributed by atoms with Crippen LogP contribution < -0.4 is 20.5 Å². The van der Waals surface area contributed by atoms with Crippen molar-refractivity contribution in [3.63, 3.8) is 0 Å². The molecule has 1 amide bonds. The summed E-state index contributed by atoms with van der Waals surface area (Å²) in [6.45, 7) is 2.00. The quantitative estimate of drug-likeness (QED) is 0.467. The molecule has 3 N–H and O–H groups in total. The maximum atomic E-state index is 12.9. The molecule has 0 bridgehead atoms. The lowest BCUT2D eigenvalue weighted by atomic mass is 10.0. The number of pyridine rings is 1. The van der Waals surface area contributed by atoms with Crippen LogP contribution >= 0.6 is 11.6 Å². The number of carbonyl (C=O) groups excluding carboxylic acids is 2. The number of methoxy groups -OCH3 is 3. The summed E-state index contributed by atoms with van der Waals surface area (Å²) in [6, 6.07) is 8.58. The molecule has 2 aromatic rings. The number of piperidine rings is 1. The summed E-state index contributed by atoms with van der Waals surface area (Å²) in [7, 11) is 4.61. The third-order valence-corrected chi connectivity index (χ3v) is 6.16. The van der Waals surface area contributed by atoms with Crippen LogP contribution in [0.2, 0.25) is 5.02 Å². The molecule has 1 fully saturated rings. The van der Waals surface area contributed by atoms with E-state index >= 15 is 0 Å². The number of aromatic nitrogens is 1. The number of carbonyl (C=O) groups is 2. The lowest BCUT2D eigenvalue weighted by molar-refractivity contribution is -0.145. The number of ether oxygens (including phenoxy) is 4. The van der Waals surface area contributed by atoms with Gasteiger partial charge in [0.05, 0.1) is 37.8 Å². The lowest BCUT2D eigenvalue weighted by Crippen LogP contribution is -2.55. The monoisotopic (exact) mass is 506 g/mol. The Hall–Kier alpha value is -3.08. The number of rotatable bonds is 10. The highest BCUT2D eigenvalue weighted by molar-refractivity contribution is 6.33. The third kappa shape index (κ3) is 7.20. The van der Waals surface area contributed by atoms with E-state index in [1.165, 1.54) is 13.2 Å². The minimum atomic E-state index is -0.376. The number of hydrogen-bond donors (Lipinski definition) is 2. The van der Waals surface area contributed by atoms with Gasteiger partial charge in [-0.3, -0.25) is 9.59 Å². The molecule has 1 aromatic heterocycles. The zero-order chi connectivity index (χ0) is 25.4. The van der Waals surface area contributed by atoms with Gasteiger partial charge in [-0.15, -0.1) is 0 Å². The summed E-state index contributed by atoms with van der Waals surface area (Å²) in [6.07, 6.45) is 0.645. The summed E-state index contributed by atoms with van der Waals surface area (Å²) in [4.78, 5) is 31.2. The molecule has 35 heavy (non-hydrogen) atoms. The molecule has 3 rings (SSSR count). The van der Waals surface area contributed by atoms with Crippen molar-refractivity contribution in [2.24, 2.45) is 0 Å². The largest absolute Gasteiger partial charge is 0.497 e. The van der Waals surface area contributed by atoms with Crippen molar-refractivity contribution in [3.05, 3.63) is 46.5 Å². The number of anilines is 1. The molecule has 0 radical (unpaired) electrons. The van der Waals surface area contributed by atoms with Crippen molar-refractivity contribution in [3.8, 4) is 11.6 Å². The Kier molecular flexibility index (Phi) is 9.53. The molecule has 0 spiro atoms. The van der Waals surface area contributed by atoms with Crippen LogP contribution in [0.1, 0.15) is 28.8 Å². The van der Waals surface area contributed by atoms with Crippen molar-refractivity contribution in [1.82, 2.24) is 15.2 Å². The van der Waals surface area contributed by atoms with Crippen molar-refractivity contribution in [2.75, 3.05) is 46.7 Å². The Morgan fingerprint density at radius 3 is 2.60 bits per heavy atom. The lowest BCUT2D eigenvalue weighted by Gasteiger charge is -2.38. The van der Waals surface area contributed by atoms with Crippen LogP contribution in [0.3, 0.4) is 0 Å². The zero-order valence-corrected chi connectivity index (χ0v) is 20.8. The number of esters is 1. The molecule has 0 saturated carbocycles. The third-order valence-electron chi connectivity index (χ3n) is 5.86. The summed E-state index contributed by atoms with van der Waals surface area (Å²) < 4.78 is 21.3. The normalized spacial score (nSPS) is 18.1. The summed E-state index contributed by atoms with van der Waals surface area (Å²) >= 11 is 6.04. The smallest absolute Gasteiger partial charge is 0.307 e. The van der Waals surface area contributed by atoms with Gasteiger partial charge in [-0.25, -0.2) is 0 Å². The molecule has 1 aliphatic rings. The zero-order valence-electron chi connectivity index (χ0n) is 20.1. The van der Waals surface area contributed by atoms with Crippen LogP contribution in [-0.2, 0) is 20.9 Å². The van der Waals surface area contributed by atoms with E-state index in [9.17, 15) is 9.59 Å². The van der Waals surface area contributed by atoms with Gasteiger partial charge in [-0.05, 0) is 30.2 Å². The predicted octanol–water partition coefficient (Wildman–Crippen LogP) is 2.29. The molecule has 190 valence electrons. The molecule has 0 unspecified atom stereocenters. The molecule has 0 aliphatic carbocycles. The Morgan fingerprint density at radius 1 is 1.20 bits per heavy atom. The van der Waals surface area contributed by atoms with E-state index < -0.39 is 0 Å². The van der Waals surface area contributed by atoms with Gasteiger partial charge in [0.1, 0.15) is 23.7 Å². The number of nitrogens with two attached hydrogens (primary N) is 1. The average Bonchev–Trinajstić information content (AvgIpc) is 2.88. The number of hydrogen-bond acceptors (Lipinski definition) is 9. The number of nitrogen functional groups attached to an aromatic ring is 1. The Labute approximate surface area is 209 Å². The molecule has 1 saturated heterocycles.